The maximum Gasteiger partial charge on any atom is 0.0853 e. The lowest BCUT2D eigenvalue weighted by molar-refractivity contribution is 1.09. The molecule has 0 amide bonds. The third kappa shape index (κ3) is 4.37. The van der Waals surface area contributed by atoms with E-state index >= 15 is 0 Å². The van der Waals surface area contributed by atoms with Crippen LogP contribution in [0.5, 0.6) is 0 Å². The number of rotatable bonds is 4. The first-order chi connectivity index (χ1) is 21.3. The molecule has 0 aliphatic carbocycles. The van der Waals surface area contributed by atoms with Gasteiger partial charge in [0.1, 0.15) is 0 Å². The second-order valence-corrected chi connectivity index (χ2v) is 11.8. The van der Waals surface area contributed by atoms with Crippen molar-refractivity contribution < 1.29 is 0 Å². The maximum atomic E-state index is 4.72. The molecule has 1 aliphatic rings. The van der Waals surface area contributed by atoms with Gasteiger partial charge in [0.05, 0.1) is 16.2 Å². The van der Waals surface area contributed by atoms with Gasteiger partial charge < -0.3 is 9.47 Å². The van der Waals surface area contributed by atoms with Gasteiger partial charge in [-0.25, -0.2) is 0 Å². The highest BCUT2D eigenvalue weighted by Gasteiger charge is 2.27. The number of aromatic nitrogens is 1. The van der Waals surface area contributed by atoms with Crippen LogP contribution in [-0.4, -0.2) is 4.57 Å². The highest BCUT2D eigenvalue weighted by atomic mass is 32.2. The molecular formula is C40H28N2S. The molecule has 0 N–H and O–H groups in total. The summed E-state index contributed by atoms with van der Waals surface area (Å²) in [5, 5.41) is 4.77. The third-order valence-corrected chi connectivity index (χ3v) is 9.22. The van der Waals surface area contributed by atoms with Crippen LogP contribution in [0.2, 0.25) is 0 Å². The summed E-state index contributed by atoms with van der Waals surface area (Å²) < 4.78 is 2.37. The van der Waals surface area contributed by atoms with E-state index in [-0.39, 0.29) is 0 Å². The number of hydrogen-bond donors (Lipinski definition) is 0. The lowest BCUT2D eigenvalue weighted by atomic mass is 9.99. The van der Waals surface area contributed by atoms with Gasteiger partial charge in [-0.15, -0.1) is 0 Å². The first kappa shape index (κ1) is 25.5. The van der Waals surface area contributed by atoms with E-state index in [1.807, 2.05) is 0 Å². The zero-order valence-corrected chi connectivity index (χ0v) is 24.3. The van der Waals surface area contributed by atoms with Gasteiger partial charge >= 0.3 is 0 Å². The fourth-order valence-corrected chi connectivity index (χ4v) is 7.31. The molecule has 1 aromatic heterocycles. The lowest BCUT2D eigenvalue weighted by Crippen LogP contribution is -2.15. The molecule has 3 heteroatoms. The topological polar surface area (TPSA) is 8.17 Å². The number of benzene rings is 6. The van der Waals surface area contributed by atoms with Crippen molar-refractivity contribution in [1.82, 2.24) is 4.57 Å². The predicted octanol–water partition coefficient (Wildman–Crippen LogP) is 11.1. The van der Waals surface area contributed by atoms with E-state index in [0.29, 0.717) is 0 Å². The molecule has 0 spiro atoms. The predicted molar refractivity (Wildman–Crippen MR) is 184 cm³/mol. The Kier molecular flexibility index (Phi) is 6.24. The Morgan fingerprint density at radius 2 is 1.26 bits per heavy atom. The van der Waals surface area contributed by atoms with Crippen molar-refractivity contribution in [3.63, 3.8) is 0 Å². The van der Waals surface area contributed by atoms with Crippen molar-refractivity contribution in [2.24, 2.45) is 0 Å². The van der Waals surface area contributed by atoms with Crippen LogP contribution in [0.3, 0.4) is 0 Å². The fourth-order valence-electron chi connectivity index (χ4n) is 6.16. The summed E-state index contributed by atoms with van der Waals surface area (Å²) >= 11 is 1.79. The number of thioether (sulfide) groups is 1. The summed E-state index contributed by atoms with van der Waals surface area (Å²) in [6.07, 6.45) is 2.37. The number of anilines is 2. The molecule has 2 heterocycles. The molecule has 43 heavy (non-hydrogen) atoms. The number of nitrogens with zero attached hydrogens (tertiary/aromatic N) is 2. The largest absolute Gasteiger partial charge is 0.309 e. The molecule has 0 saturated carbocycles. The minimum absolute atomic E-state index is 1.02. The summed E-state index contributed by atoms with van der Waals surface area (Å²) in [6, 6.07) is 53.9. The zero-order valence-electron chi connectivity index (χ0n) is 23.5. The van der Waals surface area contributed by atoms with Gasteiger partial charge in [-0.1, -0.05) is 121 Å². The van der Waals surface area contributed by atoms with Crippen LogP contribution in [0.4, 0.5) is 11.4 Å². The average Bonchev–Trinajstić information content (AvgIpc) is 3.38. The number of para-hydroxylation sites is 3. The van der Waals surface area contributed by atoms with E-state index in [1.54, 1.807) is 11.8 Å². The highest BCUT2D eigenvalue weighted by molar-refractivity contribution is 8.03. The molecule has 0 radical (unpaired) electrons. The molecule has 6 aromatic carbocycles. The van der Waals surface area contributed by atoms with Crippen LogP contribution < -0.4 is 4.90 Å². The van der Waals surface area contributed by atoms with Gasteiger partial charge in [0, 0.05) is 38.5 Å². The zero-order chi connectivity index (χ0) is 28.8. The van der Waals surface area contributed by atoms with E-state index in [0.717, 1.165) is 44.4 Å². The number of hydrogen-bond acceptors (Lipinski definition) is 2. The van der Waals surface area contributed by atoms with E-state index in [2.05, 4.69) is 167 Å². The average molecular weight is 569 g/mol. The molecule has 0 fully saturated rings. The summed E-state index contributed by atoms with van der Waals surface area (Å²) in [5.41, 5.74) is 8.97. The van der Waals surface area contributed by atoms with Gasteiger partial charge in [-0.2, -0.15) is 0 Å². The first-order valence-electron chi connectivity index (χ1n) is 14.5. The second-order valence-electron chi connectivity index (χ2n) is 10.7. The maximum absolute atomic E-state index is 4.72. The van der Waals surface area contributed by atoms with Crippen molar-refractivity contribution in [3.8, 4) is 5.69 Å². The van der Waals surface area contributed by atoms with Crippen LogP contribution in [-0.2, 0) is 0 Å². The molecule has 7 aromatic rings. The normalized spacial score (nSPS) is 14.0. The van der Waals surface area contributed by atoms with Crippen molar-refractivity contribution >= 4 is 56.5 Å². The van der Waals surface area contributed by atoms with Crippen LogP contribution in [0, 0.1) is 0 Å². The Morgan fingerprint density at radius 3 is 2.09 bits per heavy atom. The van der Waals surface area contributed by atoms with Crippen molar-refractivity contribution in [3.05, 3.63) is 180 Å². The van der Waals surface area contributed by atoms with E-state index < -0.39 is 0 Å². The minimum Gasteiger partial charge on any atom is -0.309 e. The van der Waals surface area contributed by atoms with Gasteiger partial charge in [-0.05, 0) is 70.9 Å². The Bertz CT molecular complexity index is 2170. The first-order valence-corrected chi connectivity index (χ1v) is 15.3. The van der Waals surface area contributed by atoms with Crippen LogP contribution in [0.15, 0.2) is 168 Å². The van der Waals surface area contributed by atoms with Crippen molar-refractivity contribution in [2.75, 3.05) is 4.90 Å². The Morgan fingerprint density at radius 1 is 0.581 bits per heavy atom. The van der Waals surface area contributed by atoms with Crippen LogP contribution in [0.1, 0.15) is 16.8 Å². The standard InChI is InChI=1S/C40H28N2S/c1-28-34-20-11-13-23-38(34)43-39(27-36-35-21-10-12-22-37(35)42(40(28)36)32-18-6-3-7-19-32)41(31-16-4-2-5-17-31)33-25-24-29-14-8-9-15-30(29)26-33/h2-27H,1H2/b39-27-. The quantitative estimate of drug-likeness (QED) is 0.209. The Hall–Kier alpha value is -5.25. The molecule has 2 nitrogen and oxygen atoms in total. The molecule has 0 saturated heterocycles. The van der Waals surface area contributed by atoms with Crippen LogP contribution >= 0.6 is 11.8 Å². The highest BCUT2D eigenvalue weighted by Crippen LogP contribution is 2.47. The monoisotopic (exact) mass is 568 g/mol. The molecular weight excluding hydrogens is 541 g/mol. The lowest BCUT2D eigenvalue weighted by Gasteiger charge is -2.30. The van der Waals surface area contributed by atoms with Crippen molar-refractivity contribution in [2.45, 2.75) is 4.90 Å². The fraction of sp³-hybridized carbons (Fsp3) is 0. The van der Waals surface area contributed by atoms with Gasteiger partial charge in [0.25, 0.3) is 0 Å². The molecule has 0 atom stereocenters. The van der Waals surface area contributed by atoms with E-state index in [4.69, 9.17) is 6.58 Å². The molecule has 0 bridgehead atoms. The second kappa shape index (κ2) is 10.5. The molecule has 0 unspecified atom stereocenters. The van der Waals surface area contributed by atoms with E-state index in [1.165, 1.54) is 26.6 Å². The summed E-state index contributed by atoms with van der Waals surface area (Å²) in [6.45, 7) is 4.72. The Labute approximate surface area is 255 Å². The SMILES string of the molecule is C=C1c2ccccc2S/C(N(c2ccccc2)c2ccc3ccccc3c2)=C\c2c1n(-c1ccccc1)c1ccccc21. The Balaban J connectivity index is 1.46. The summed E-state index contributed by atoms with van der Waals surface area (Å²) in [5.74, 6) is 0. The minimum atomic E-state index is 1.02. The van der Waals surface area contributed by atoms with Crippen LogP contribution in [0.25, 0.3) is 39.0 Å². The third-order valence-electron chi connectivity index (χ3n) is 8.13. The summed E-state index contributed by atoms with van der Waals surface area (Å²) in [4.78, 5) is 3.57. The number of fused-ring (bicyclic) bond motifs is 5. The molecule has 1 aliphatic heterocycles. The molecule has 204 valence electrons. The molecule has 8 rings (SSSR count). The van der Waals surface area contributed by atoms with E-state index in [9.17, 15) is 0 Å². The van der Waals surface area contributed by atoms with Gasteiger partial charge in [0.15, 0.2) is 0 Å². The van der Waals surface area contributed by atoms with Crippen molar-refractivity contribution in [1.29, 1.82) is 0 Å². The summed E-state index contributed by atoms with van der Waals surface area (Å²) in [7, 11) is 0. The van der Waals surface area contributed by atoms with Gasteiger partial charge in [-0.3, -0.25) is 0 Å². The van der Waals surface area contributed by atoms with Gasteiger partial charge in [0.2, 0.25) is 0 Å². The smallest absolute Gasteiger partial charge is 0.0853 e.